The Morgan fingerprint density at radius 3 is 2.63 bits per heavy atom. The van der Waals surface area contributed by atoms with Gasteiger partial charge in [-0.05, 0) is 25.0 Å². The topological polar surface area (TPSA) is 64.0 Å². The molecule has 19 heavy (non-hydrogen) atoms. The van der Waals surface area contributed by atoms with Gasteiger partial charge in [-0.15, -0.1) is 11.3 Å². The first-order chi connectivity index (χ1) is 8.96. The number of aryl methyl sites for hydroxylation is 3. The van der Waals surface area contributed by atoms with Crippen LogP contribution in [0, 0.1) is 0 Å². The minimum atomic E-state index is -3.51. The zero-order valence-corrected chi connectivity index (χ0v) is 12.8. The summed E-state index contributed by atoms with van der Waals surface area (Å²) in [6, 6.07) is 3.50. The summed E-state index contributed by atoms with van der Waals surface area (Å²) >= 11 is 1.30. The van der Waals surface area contributed by atoms with Crippen LogP contribution in [-0.2, 0) is 29.9 Å². The predicted octanol–water partition coefficient (Wildman–Crippen LogP) is 2.41. The lowest BCUT2D eigenvalue weighted by atomic mass is 10.3. The molecule has 0 unspecified atom stereocenters. The van der Waals surface area contributed by atoms with Gasteiger partial charge in [-0.3, -0.25) is 9.40 Å². The van der Waals surface area contributed by atoms with Gasteiger partial charge in [0.2, 0.25) is 0 Å². The number of hydrogen-bond acceptors (Lipinski definition) is 4. The van der Waals surface area contributed by atoms with Crippen LogP contribution in [0.5, 0.6) is 0 Å². The molecule has 0 aliphatic carbocycles. The molecule has 0 atom stereocenters. The number of nitrogens with one attached hydrogen (secondary N) is 1. The zero-order valence-electron chi connectivity index (χ0n) is 11.2. The van der Waals surface area contributed by atoms with E-state index in [1.807, 2.05) is 19.9 Å². The molecular weight excluding hydrogens is 282 g/mol. The van der Waals surface area contributed by atoms with Gasteiger partial charge in [0.1, 0.15) is 4.21 Å². The summed E-state index contributed by atoms with van der Waals surface area (Å²) in [6.45, 7) is 3.95. The normalized spacial score (nSPS) is 11.7. The quantitative estimate of drug-likeness (QED) is 0.922. The lowest BCUT2D eigenvalue weighted by molar-refractivity contribution is 0.603. The van der Waals surface area contributed by atoms with Crippen LogP contribution in [-0.4, -0.2) is 18.2 Å². The highest BCUT2D eigenvalue weighted by molar-refractivity contribution is 7.94. The van der Waals surface area contributed by atoms with Crippen molar-refractivity contribution in [3.63, 3.8) is 0 Å². The summed E-state index contributed by atoms with van der Waals surface area (Å²) in [4.78, 5) is 1.06. The SMILES string of the molecule is CCc1ccc(S(=O)(=O)Nc2cn(C)nc2CC)s1. The van der Waals surface area contributed by atoms with Crippen LogP contribution in [0.25, 0.3) is 0 Å². The van der Waals surface area contributed by atoms with Gasteiger partial charge < -0.3 is 0 Å². The number of rotatable bonds is 5. The number of anilines is 1. The molecule has 0 saturated heterocycles. The van der Waals surface area contributed by atoms with E-state index in [0.717, 1.165) is 17.0 Å². The zero-order chi connectivity index (χ0) is 14.0. The van der Waals surface area contributed by atoms with Gasteiger partial charge in [0.15, 0.2) is 0 Å². The van der Waals surface area contributed by atoms with E-state index in [-0.39, 0.29) is 0 Å². The van der Waals surface area contributed by atoms with Crippen molar-refractivity contribution in [2.75, 3.05) is 4.72 Å². The van der Waals surface area contributed by atoms with Crippen LogP contribution in [0.3, 0.4) is 0 Å². The van der Waals surface area contributed by atoms with Crippen LogP contribution in [0.2, 0.25) is 0 Å². The van der Waals surface area contributed by atoms with E-state index in [2.05, 4.69) is 9.82 Å². The standard InChI is InChI=1S/C12H17N3O2S2/c1-4-9-6-7-12(18-9)19(16,17)14-11-8-15(3)13-10(11)5-2/h6-8,14H,4-5H2,1-3H3. The van der Waals surface area contributed by atoms with E-state index < -0.39 is 10.0 Å². The molecule has 1 N–H and O–H groups in total. The minimum absolute atomic E-state index is 0.343. The summed E-state index contributed by atoms with van der Waals surface area (Å²) in [5.74, 6) is 0. The third-order valence-electron chi connectivity index (χ3n) is 2.73. The number of nitrogens with zero attached hydrogens (tertiary/aromatic N) is 2. The summed E-state index contributed by atoms with van der Waals surface area (Å²) in [7, 11) is -1.73. The van der Waals surface area contributed by atoms with Crippen molar-refractivity contribution in [3.8, 4) is 0 Å². The Balaban J connectivity index is 2.30. The molecule has 0 radical (unpaired) electrons. The van der Waals surface area contributed by atoms with Crippen molar-refractivity contribution in [3.05, 3.63) is 28.9 Å². The highest BCUT2D eigenvalue weighted by atomic mass is 32.2. The summed E-state index contributed by atoms with van der Waals surface area (Å²) in [6.07, 6.45) is 3.21. The van der Waals surface area contributed by atoms with E-state index in [9.17, 15) is 8.42 Å². The van der Waals surface area contributed by atoms with E-state index in [0.29, 0.717) is 16.3 Å². The predicted molar refractivity (Wildman–Crippen MR) is 77.1 cm³/mol. The summed E-state index contributed by atoms with van der Waals surface area (Å²) in [5, 5.41) is 4.22. The van der Waals surface area contributed by atoms with Crippen LogP contribution >= 0.6 is 11.3 Å². The number of aromatic nitrogens is 2. The first-order valence-corrected chi connectivity index (χ1v) is 8.40. The molecule has 2 aromatic heterocycles. The second-order valence-electron chi connectivity index (χ2n) is 4.20. The average Bonchev–Trinajstić information content (AvgIpc) is 2.95. The molecule has 0 aliphatic rings. The van der Waals surface area contributed by atoms with Gasteiger partial charge in [0.25, 0.3) is 10.0 Å². The molecule has 2 heterocycles. The molecule has 0 aromatic carbocycles. The average molecular weight is 299 g/mol. The molecule has 0 fully saturated rings. The fraction of sp³-hybridized carbons (Fsp3) is 0.417. The smallest absolute Gasteiger partial charge is 0.271 e. The lowest BCUT2D eigenvalue weighted by Gasteiger charge is -2.04. The maximum atomic E-state index is 12.3. The first-order valence-electron chi connectivity index (χ1n) is 6.10. The van der Waals surface area contributed by atoms with Crippen molar-refractivity contribution < 1.29 is 8.42 Å². The van der Waals surface area contributed by atoms with Gasteiger partial charge in [-0.25, -0.2) is 8.42 Å². The van der Waals surface area contributed by atoms with E-state index in [1.165, 1.54) is 11.3 Å². The number of thiophene rings is 1. The van der Waals surface area contributed by atoms with Crippen molar-refractivity contribution in [2.45, 2.75) is 30.9 Å². The van der Waals surface area contributed by atoms with Gasteiger partial charge in [-0.1, -0.05) is 13.8 Å². The molecule has 2 rings (SSSR count). The lowest BCUT2D eigenvalue weighted by Crippen LogP contribution is -2.12. The molecule has 104 valence electrons. The maximum Gasteiger partial charge on any atom is 0.271 e. The van der Waals surface area contributed by atoms with E-state index in [1.54, 1.807) is 24.0 Å². The molecular formula is C12H17N3O2S2. The highest BCUT2D eigenvalue weighted by Crippen LogP contribution is 2.25. The van der Waals surface area contributed by atoms with Crippen molar-refractivity contribution in [1.29, 1.82) is 0 Å². The minimum Gasteiger partial charge on any atom is -0.275 e. The van der Waals surface area contributed by atoms with Crippen LogP contribution in [0.15, 0.2) is 22.5 Å². The van der Waals surface area contributed by atoms with Crippen molar-refractivity contribution in [2.24, 2.45) is 7.05 Å². The van der Waals surface area contributed by atoms with E-state index in [4.69, 9.17) is 0 Å². The van der Waals surface area contributed by atoms with Crippen molar-refractivity contribution >= 4 is 27.0 Å². The van der Waals surface area contributed by atoms with Gasteiger partial charge in [0.05, 0.1) is 11.4 Å². The van der Waals surface area contributed by atoms with Crippen molar-refractivity contribution in [1.82, 2.24) is 9.78 Å². The Kier molecular flexibility index (Phi) is 3.96. The summed E-state index contributed by atoms with van der Waals surface area (Å²) < 4.78 is 29.1. The number of sulfonamides is 1. The second-order valence-corrected chi connectivity index (χ2v) is 7.27. The molecule has 5 nitrogen and oxygen atoms in total. The third-order valence-corrected chi connectivity index (χ3v) is 5.82. The third kappa shape index (κ3) is 2.98. The van der Waals surface area contributed by atoms with Crippen LogP contribution in [0.1, 0.15) is 24.4 Å². The molecule has 0 aliphatic heterocycles. The molecule has 0 bridgehead atoms. The van der Waals surface area contributed by atoms with Gasteiger partial charge >= 0.3 is 0 Å². The Morgan fingerprint density at radius 1 is 1.32 bits per heavy atom. The van der Waals surface area contributed by atoms with Crippen LogP contribution in [0.4, 0.5) is 5.69 Å². The second kappa shape index (κ2) is 5.34. The van der Waals surface area contributed by atoms with Crippen LogP contribution < -0.4 is 4.72 Å². The van der Waals surface area contributed by atoms with E-state index >= 15 is 0 Å². The molecule has 7 heteroatoms. The Labute approximate surface area is 117 Å². The number of hydrogen-bond donors (Lipinski definition) is 1. The summed E-state index contributed by atoms with van der Waals surface area (Å²) in [5.41, 5.74) is 1.30. The fourth-order valence-corrected chi connectivity index (χ4v) is 4.14. The van der Waals surface area contributed by atoms with Gasteiger partial charge in [0, 0.05) is 18.1 Å². The molecule has 0 saturated carbocycles. The maximum absolute atomic E-state index is 12.3. The van der Waals surface area contributed by atoms with Gasteiger partial charge in [-0.2, -0.15) is 5.10 Å². The highest BCUT2D eigenvalue weighted by Gasteiger charge is 2.19. The largest absolute Gasteiger partial charge is 0.275 e. The molecule has 0 amide bonds. The first kappa shape index (κ1) is 14.1. The Hall–Kier alpha value is -1.34. The Bertz CT molecular complexity index is 671. The molecule has 0 spiro atoms. The fourth-order valence-electron chi connectivity index (χ4n) is 1.77. The molecule has 2 aromatic rings. The Morgan fingerprint density at radius 2 is 2.05 bits per heavy atom. The monoisotopic (exact) mass is 299 g/mol.